The topological polar surface area (TPSA) is 52.3 Å². The van der Waals surface area contributed by atoms with Gasteiger partial charge in [0, 0.05) is 10.6 Å². The van der Waals surface area contributed by atoms with Crippen LogP contribution in [0.5, 0.6) is 11.8 Å². The quantitative estimate of drug-likeness (QED) is 0.333. The molecule has 0 N–H and O–H groups in total. The average molecular weight is 469 g/mol. The Morgan fingerprint density at radius 1 is 0.933 bits per heavy atom. The molecule has 3 aromatic rings. The molecule has 3 rings (SSSR count). The number of rotatable bonds is 4. The van der Waals surface area contributed by atoms with Crippen molar-refractivity contribution in [3.05, 3.63) is 69.5 Å². The Balaban J connectivity index is 2.00. The standard InChI is InChI=1S/C17H8Cl2F6N4O/c18-11-5-4-9(13(19)7-11)8-26-29-14(17(23,24)25)27-28-15(29)30-12-3-1-2-10(6-12)16(20,21)22/h1-8H/b26-8+. The first-order valence-corrected chi connectivity index (χ1v) is 8.58. The molecule has 0 aliphatic heterocycles. The summed E-state index contributed by atoms with van der Waals surface area (Å²) in [5, 5.41) is 10.3. The maximum Gasteiger partial charge on any atom is 0.453 e. The van der Waals surface area contributed by atoms with Crippen molar-refractivity contribution in [3.8, 4) is 11.8 Å². The minimum Gasteiger partial charge on any atom is -0.423 e. The second kappa shape index (κ2) is 8.15. The second-order valence-electron chi connectivity index (χ2n) is 5.65. The molecule has 5 nitrogen and oxygen atoms in total. The Labute approximate surface area is 174 Å². The van der Waals surface area contributed by atoms with Gasteiger partial charge in [0.2, 0.25) is 0 Å². The molecular formula is C17H8Cl2F6N4O. The average Bonchev–Trinajstić information content (AvgIpc) is 3.03. The molecule has 0 aliphatic carbocycles. The van der Waals surface area contributed by atoms with Gasteiger partial charge in [-0.1, -0.05) is 40.4 Å². The molecule has 0 aliphatic rings. The number of halogens is 8. The molecule has 0 fully saturated rings. The minimum absolute atomic E-state index is 0.105. The summed E-state index contributed by atoms with van der Waals surface area (Å²) < 4.78 is 83.5. The van der Waals surface area contributed by atoms with Gasteiger partial charge in [0.25, 0.3) is 5.82 Å². The number of alkyl halides is 6. The number of hydrogen-bond donors (Lipinski definition) is 0. The Bertz CT molecular complexity index is 1090. The van der Waals surface area contributed by atoms with E-state index >= 15 is 0 Å². The van der Waals surface area contributed by atoms with Crippen molar-refractivity contribution in [2.24, 2.45) is 5.10 Å². The zero-order valence-electron chi connectivity index (χ0n) is 14.3. The molecule has 0 atom stereocenters. The van der Waals surface area contributed by atoms with E-state index in [0.29, 0.717) is 11.1 Å². The summed E-state index contributed by atoms with van der Waals surface area (Å²) in [6.07, 6.45) is -8.67. The highest BCUT2D eigenvalue weighted by Crippen LogP contribution is 2.34. The van der Waals surface area contributed by atoms with E-state index in [1.165, 1.54) is 18.2 Å². The third kappa shape index (κ3) is 5.03. The fourth-order valence-corrected chi connectivity index (χ4v) is 2.63. The van der Waals surface area contributed by atoms with E-state index in [4.69, 9.17) is 27.9 Å². The first-order chi connectivity index (χ1) is 13.9. The summed E-state index contributed by atoms with van der Waals surface area (Å²) in [4.78, 5) is 0. The highest BCUT2D eigenvalue weighted by molar-refractivity contribution is 6.36. The summed E-state index contributed by atoms with van der Waals surface area (Å²) in [6.45, 7) is 0. The van der Waals surface area contributed by atoms with E-state index in [1.807, 2.05) is 0 Å². The molecule has 0 bridgehead atoms. The van der Waals surface area contributed by atoms with Crippen LogP contribution in [0, 0.1) is 0 Å². The lowest BCUT2D eigenvalue weighted by Gasteiger charge is -2.10. The van der Waals surface area contributed by atoms with Crippen LogP contribution in [0.2, 0.25) is 10.0 Å². The van der Waals surface area contributed by atoms with Crippen LogP contribution in [0.15, 0.2) is 47.6 Å². The summed E-state index contributed by atoms with van der Waals surface area (Å²) in [5.74, 6) is -1.96. The van der Waals surface area contributed by atoms with Gasteiger partial charge >= 0.3 is 18.4 Å². The molecule has 0 amide bonds. The normalized spacial score (nSPS) is 12.5. The van der Waals surface area contributed by atoms with Crippen molar-refractivity contribution in [2.45, 2.75) is 12.4 Å². The van der Waals surface area contributed by atoms with Gasteiger partial charge in [-0.3, -0.25) is 0 Å². The maximum absolute atomic E-state index is 13.2. The van der Waals surface area contributed by atoms with Gasteiger partial charge < -0.3 is 4.74 Å². The summed E-state index contributed by atoms with van der Waals surface area (Å²) >= 11 is 11.7. The Kier molecular flexibility index (Phi) is 5.95. The third-order valence-electron chi connectivity index (χ3n) is 3.51. The number of aromatic nitrogens is 3. The van der Waals surface area contributed by atoms with Gasteiger partial charge in [-0.05, 0) is 30.3 Å². The van der Waals surface area contributed by atoms with Crippen LogP contribution in [0.25, 0.3) is 0 Å². The van der Waals surface area contributed by atoms with Crippen molar-refractivity contribution in [2.75, 3.05) is 0 Å². The van der Waals surface area contributed by atoms with Crippen LogP contribution in [-0.4, -0.2) is 21.1 Å². The zero-order chi connectivity index (χ0) is 22.1. The first-order valence-electron chi connectivity index (χ1n) is 7.82. The minimum atomic E-state index is -4.97. The molecule has 0 unspecified atom stereocenters. The SMILES string of the molecule is FC(F)(F)c1cccc(Oc2nnc(C(F)(F)F)n2/N=C/c2ccc(Cl)cc2Cl)c1. The smallest absolute Gasteiger partial charge is 0.423 e. The predicted molar refractivity (Wildman–Crippen MR) is 96.0 cm³/mol. The van der Waals surface area contributed by atoms with E-state index in [1.54, 1.807) is 0 Å². The zero-order valence-corrected chi connectivity index (χ0v) is 15.9. The van der Waals surface area contributed by atoms with E-state index in [9.17, 15) is 26.3 Å². The number of hydrogen-bond acceptors (Lipinski definition) is 4. The van der Waals surface area contributed by atoms with E-state index in [0.717, 1.165) is 24.4 Å². The second-order valence-corrected chi connectivity index (χ2v) is 6.50. The highest BCUT2D eigenvalue weighted by Gasteiger charge is 2.39. The largest absolute Gasteiger partial charge is 0.453 e. The number of benzene rings is 2. The van der Waals surface area contributed by atoms with E-state index in [-0.39, 0.29) is 15.3 Å². The van der Waals surface area contributed by atoms with E-state index in [2.05, 4.69) is 15.3 Å². The van der Waals surface area contributed by atoms with Gasteiger partial charge in [0.1, 0.15) is 5.75 Å². The molecule has 30 heavy (non-hydrogen) atoms. The molecule has 0 saturated heterocycles. The van der Waals surface area contributed by atoms with Crippen molar-refractivity contribution in [1.82, 2.24) is 14.9 Å². The van der Waals surface area contributed by atoms with Crippen molar-refractivity contribution >= 4 is 29.4 Å². The van der Waals surface area contributed by atoms with Crippen LogP contribution < -0.4 is 4.74 Å². The monoisotopic (exact) mass is 468 g/mol. The van der Waals surface area contributed by atoms with Crippen molar-refractivity contribution in [1.29, 1.82) is 0 Å². The number of nitrogens with zero attached hydrogens (tertiary/aromatic N) is 4. The number of ether oxygens (including phenoxy) is 1. The Morgan fingerprint density at radius 2 is 1.67 bits per heavy atom. The summed E-state index contributed by atoms with van der Waals surface area (Å²) in [7, 11) is 0. The van der Waals surface area contributed by atoms with Crippen LogP contribution in [0.1, 0.15) is 17.0 Å². The molecule has 0 saturated carbocycles. The predicted octanol–water partition coefficient (Wildman–Crippen LogP) is 6.30. The third-order valence-corrected chi connectivity index (χ3v) is 4.07. The molecule has 1 aromatic heterocycles. The van der Waals surface area contributed by atoms with Gasteiger partial charge in [-0.15, -0.1) is 5.10 Å². The van der Waals surface area contributed by atoms with Crippen LogP contribution in [-0.2, 0) is 12.4 Å². The molecule has 13 heteroatoms. The lowest BCUT2D eigenvalue weighted by atomic mass is 10.2. The fraction of sp³-hybridized carbons (Fsp3) is 0.118. The van der Waals surface area contributed by atoms with Gasteiger partial charge in [-0.25, -0.2) is 0 Å². The molecule has 158 valence electrons. The Morgan fingerprint density at radius 3 is 2.30 bits per heavy atom. The lowest BCUT2D eigenvalue weighted by molar-refractivity contribution is -0.147. The molecular weight excluding hydrogens is 461 g/mol. The molecule has 2 aromatic carbocycles. The summed E-state index contributed by atoms with van der Waals surface area (Å²) in [6, 6.07) is 6.90. The van der Waals surface area contributed by atoms with E-state index < -0.39 is 35.5 Å². The van der Waals surface area contributed by atoms with Crippen molar-refractivity contribution in [3.63, 3.8) is 0 Å². The van der Waals surface area contributed by atoms with Crippen LogP contribution in [0.3, 0.4) is 0 Å². The maximum atomic E-state index is 13.2. The molecule has 0 spiro atoms. The van der Waals surface area contributed by atoms with Gasteiger partial charge in [-0.2, -0.15) is 36.1 Å². The summed E-state index contributed by atoms with van der Waals surface area (Å²) in [5.41, 5.74) is -0.841. The van der Waals surface area contributed by atoms with Gasteiger partial charge in [0.15, 0.2) is 0 Å². The fourth-order valence-electron chi connectivity index (χ4n) is 2.18. The Hall–Kier alpha value is -2.79. The lowest BCUT2D eigenvalue weighted by Crippen LogP contribution is -2.13. The van der Waals surface area contributed by atoms with Crippen molar-refractivity contribution < 1.29 is 31.1 Å². The highest BCUT2D eigenvalue weighted by atomic mass is 35.5. The molecule has 1 heterocycles. The first kappa shape index (κ1) is 21.9. The molecule has 0 radical (unpaired) electrons. The van der Waals surface area contributed by atoms with Crippen LogP contribution >= 0.6 is 23.2 Å². The van der Waals surface area contributed by atoms with Gasteiger partial charge in [0.05, 0.1) is 16.8 Å². The van der Waals surface area contributed by atoms with Crippen LogP contribution in [0.4, 0.5) is 26.3 Å².